The van der Waals surface area contributed by atoms with E-state index in [1.54, 1.807) is 30.3 Å². The van der Waals surface area contributed by atoms with Crippen molar-refractivity contribution >= 4 is 46.5 Å². The number of carbonyl (C=O) groups is 2. The maximum absolute atomic E-state index is 12.6. The van der Waals surface area contributed by atoms with E-state index in [-0.39, 0.29) is 22.6 Å². The van der Waals surface area contributed by atoms with E-state index < -0.39 is 11.8 Å². The van der Waals surface area contributed by atoms with E-state index >= 15 is 0 Å². The molecule has 2 aromatic carbocycles. The van der Waals surface area contributed by atoms with Gasteiger partial charge in [0.15, 0.2) is 0 Å². The number of nitrogens with zero attached hydrogens (tertiary/aromatic N) is 1. The summed E-state index contributed by atoms with van der Waals surface area (Å²) in [6.07, 6.45) is 1.40. The van der Waals surface area contributed by atoms with Crippen LogP contribution >= 0.6 is 23.2 Å². The molecule has 0 saturated heterocycles. The molecule has 136 valence electrons. The molecule has 27 heavy (non-hydrogen) atoms. The van der Waals surface area contributed by atoms with Crippen LogP contribution in [0.25, 0.3) is 0 Å². The number of pyridine rings is 1. The first-order valence-electron chi connectivity index (χ1n) is 7.75. The van der Waals surface area contributed by atoms with E-state index in [9.17, 15) is 14.7 Å². The lowest BCUT2D eigenvalue weighted by atomic mass is 10.1. The third kappa shape index (κ3) is 4.75. The SMILES string of the molecule is O=C(Nc1ccc(Cl)cc1C(=O)Nc1ccc(Cl)cn1)c1cccc(O)c1. The van der Waals surface area contributed by atoms with Crippen LogP contribution in [0.1, 0.15) is 20.7 Å². The Morgan fingerprint density at radius 3 is 2.37 bits per heavy atom. The Labute approximate surface area is 164 Å². The van der Waals surface area contributed by atoms with Crippen LogP contribution in [0.3, 0.4) is 0 Å². The highest BCUT2D eigenvalue weighted by Gasteiger charge is 2.16. The molecule has 3 rings (SSSR count). The summed E-state index contributed by atoms with van der Waals surface area (Å²) in [4.78, 5) is 29.0. The van der Waals surface area contributed by atoms with E-state index in [0.717, 1.165) is 0 Å². The first-order valence-corrected chi connectivity index (χ1v) is 8.51. The Bertz CT molecular complexity index is 1010. The summed E-state index contributed by atoms with van der Waals surface area (Å²) in [7, 11) is 0. The van der Waals surface area contributed by atoms with E-state index in [2.05, 4.69) is 15.6 Å². The topological polar surface area (TPSA) is 91.3 Å². The number of phenolic OH excluding ortho intramolecular Hbond substituents is 1. The van der Waals surface area contributed by atoms with Gasteiger partial charge in [-0.1, -0.05) is 29.3 Å². The minimum absolute atomic E-state index is 0.0365. The van der Waals surface area contributed by atoms with Crippen molar-refractivity contribution in [3.63, 3.8) is 0 Å². The molecule has 2 amide bonds. The molecular weight excluding hydrogens is 389 g/mol. The van der Waals surface area contributed by atoms with Crippen molar-refractivity contribution in [2.24, 2.45) is 0 Å². The number of hydrogen-bond donors (Lipinski definition) is 3. The Morgan fingerprint density at radius 2 is 1.67 bits per heavy atom. The fourth-order valence-corrected chi connectivity index (χ4v) is 2.57. The van der Waals surface area contributed by atoms with Crippen molar-refractivity contribution in [3.8, 4) is 5.75 Å². The Kier molecular flexibility index (Phi) is 5.59. The molecule has 0 atom stereocenters. The van der Waals surface area contributed by atoms with E-state index in [0.29, 0.717) is 15.9 Å². The molecule has 1 heterocycles. The maximum Gasteiger partial charge on any atom is 0.258 e. The average Bonchev–Trinajstić information content (AvgIpc) is 2.65. The fourth-order valence-electron chi connectivity index (χ4n) is 2.29. The van der Waals surface area contributed by atoms with Crippen LogP contribution in [-0.4, -0.2) is 21.9 Å². The number of anilines is 2. The highest BCUT2D eigenvalue weighted by Crippen LogP contribution is 2.23. The molecule has 0 aliphatic carbocycles. The molecular formula is C19H13Cl2N3O3. The van der Waals surface area contributed by atoms with Gasteiger partial charge in [0.05, 0.1) is 16.3 Å². The summed E-state index contributed by atoms with van der Waals surface area (Å²) in [5, 5.41) is 15.5. The zero-order chi connectivity index (χ0) is 19.4. The van der Waals surface area contributed by atoms with Gasteiger partial charge in [-0.25, -0.2) is 4.98 Å². The van der Waals surface area contributed by atoms with Crippen LogP contribution in [0.15, 0.2) is 60.8 Å². The van der Waals surface area contributed by atoms with E-state index in [1.165, 1.54) is 30.5 Å². The number of carbonyl (C=O) groups excluding carboxylic acids is 2. The summed E-state index contributed by atoms with van der Waals surface area (Å²) >= 11 is 11.8. The number of halogens is 2. The highest BCUT2D eigenvalue weighted by atomic mass is 35.5. The summed E-state index contributed by atoms with van der Waals surface area (Å²) in [6, 6.07) is 13.5. The zero-order valence-electron chi connectivity index (χ0n) is 13.7. The predicted molar refractivity (Wildman–Crippen MR) is 105 cm³/mol. The molecule has 0 spiro atoms. The van der Waals surface area contributed by atoms with Crippen LogP contribution in [0.5, 0.6) is 5.75 Å². The molecule has 0 bridgehead atoms. The van der Waals surface area contributed by atoms with Gasteiger partial charge in [-0.05, 0) is 48.5 Å². The zero-order valence-corrected chi connectivity index (χ0v) is 15.3. The number of rotatable bonds is 4. The molecule has 0 aliphatic rings. The molecule has 6 nitrogen and oxygen atoms in total. The van der Waals surface area contributed by atoms with Gasteiger partial charge in [0.2, 0.25) is 0 Å². The molecule has 3 aromatic rings. The first kappa shape index (κ1) is 18.7. The largest absolute Gasteiger partial charge is 0.508 e. The Morgan fingerprint density at radius 1 is 0.889 bits per heavy atom. The fraction of sp³-hybridized carbons (Fsp3) is 0. The van der Waals surface area contributed by atoms with Gasteiger partial charge in [0.25, 0.3) is 11.8 Å². The van der Waals surface area contributed by atoms with Gasteiger partial charge in [-0.2, -0.15) is 0 Å². The molecule has 0 unspecified atom stereocenters. The Hall–Kier alpha value is -3.09. The van der Waals surface area contributed by atoms with Crippen LogP contribution in [0.2, 0.25) is 10.0 Å². The molecule has 0 saturated carbocycles. The van der Waals surface area contributed by atoms with Gasteiger partial charge in [0, 0.05) is 16.8 Å². The van der Waals surface area contributed by atoms with E-state index in [1.807, 2.05) is 0 Å². The van der Waals surface area contributed by atoms with Crippen molar-refractivity contribution in [3.05, 3.63) is 82.0 Å². The first-order chi connectivity index (χ1) is 12.9. The van der Waals surface area contributed by atoms with Gasteiger partial charge in [-0.15, -0.1) is 0 Å². The number of aromatic hydroxyl groups is 1. The number of hydrogen-bond acceptors (Lipinski definition) is 4. The van der Waals surface area contributed by atoms with Gasteiger partial charge >= 0.3 is 0 Å². The van der Waals surface area contributed by atoms with Crippen LogP contribution in [0.4, 0.5) is 11.5 Å². The molecule has 0 fully saturated rings. The second-order valence-corrected chi connectivity index (χ2v) is 6.38. The van der Waals surface area contributed by atoms with Crippen molar-refractivity contribution < 1.29 is 14.7 Å². The number of benzene rings is 2. The lowest BCUT2D eigenvalue weighted by molar-refractivity contribution is 0.102. The molecule has 8 heteroatoms. The maximum atomic E-state index is 12.6. The Balaban J connectivity index is 1.85. The third-order valence-electron chi connectivity index (χ3n) is 3.55. The lowest BCUT2D eigenvalue weighted by Gasteiger charge is -2.12. The average molecular weight is 402 g/mol. The van der Waals surface area contributed by atoms with E-state index in [4.69, 9.17) is 23.2 Å². The normalized spacial score (nSPS) is 10.3. The minimum Gasteiger partial charge on any atom is -0.508 e. The quantitative estimate of drug-likeness (QED) is 0.595. The molecule has 0 aliphatic heterocycles. The highest BCUT2D eigenvalue weighted by molar-refractivity contribution is 6.31. The summed E-state index contributed by atoms with van der Waals surface area (Å²) < 4.78 is 0. The summed E-state index contributed by atoms with van der Waals surface area (Å²) in [6.45, 7) is 0. The number of phenols is 1. The third-order valence-corrected chi connectivity index (χ3v) is 4.01. The van der Waals surface area contributed by atoms with Crippen molar-refractivity contribution in [1.29, 1.82) is 0 Å². The smallest absolute Gasteiger partial charge is 0.258 e. The lowest BCUT2D eigenvalue weighted by Crippen LogP contribution is -2.18. The van der Waals surface area contributed by atoms with Crippen molar-refractivity contribution in [2.75, 3.05) is 10.6 Å². The minimum atomic E-state index is -0.501. The van der Waals surface area contributed by atoms with Crippen LogP contribution < -0.4 is 10.6 Å². The second-order valence-electron chi connectivity index (χ2n) is 5.51. The van der Waals surface area contributed by atoms with Gasteiger partial charge in [0.1, 0.15) is 11.6 Å². The van der Waals surface area contributed by atoms with Crippen LogP contribution in [0, 0.1) is 0 Å². The van der Waals surface area contributed by atoms with Crippen LogP contribution in [-0.2, 0) is 0 Å². The van der Waals surface area contributed by atoms with Gasteiger partial charge in [-0.3, -0.25) is 9.59 Å². The summed E-state index contributed by atoms with van der Waals surface area (Å²) in [5.41, 5.74) is 0.669. The van der Waals surface area contributed by atoms with Crippen molar-refractivity contribution in [2.45, 2.75) is 0 Å². The molecule has 0 radical (unpaired) electrons. The number of aromatic nitrogens is 1. The molecule has 1 aromatic heterocycles. The number of nitrogens with one attached hydrogen (secondary N) is 2. The standard InChI is InChI=1S/C19H13Cl2N3O3/c20-12-4-6-16(23-18(26)11-2-1-3-14(25)8-11)15(9-12)19(27)24-17-7-5-13(21)10-22-17/h1-10,25H,(H,23,26)(H,22,24,27). The van der Waals surface area contributed by atoms with Gasteiger partial charge < -0.3 is 15.7 Å². The number of amides is 2. The monoisotopic (exact) mass is 401 g/mol. The predicted octanol–water partition coefficient (Wildman–Crippen LogP) is 4.60. The molecule has 3 N–H and O–H groups in total. The van der Waals surface area contributed by atoms with Crippen molar-refractivity contribution in [1.82, 2.24) is 4.98 Å². The second kappa shape index (κ2) is 8.07. The summed E-state index contributed by atoms with van der Waals surface area (Å²) in [5.74, 6) is -0.717.